The van der Waals surface area contributed by atoms with Crippen molar-refractivity contribution in [3.05, 3.63) is 46.5 Å². The van der Waals surface area contributed by atoms with Crippen LogP contribution in [0.15, 0.2) is 34.6 Å². The molecule has 1 unspecified atom stereocenters. The summed E-state index contributed by atoms with van der Waals surface area (Å²) >= 11 is 1.67. The number of aromatic nitrogens is 1. The molecule has 0 aliphatic carbocycles. The molecule has 1 fully saturated rings. The number of hydrogen-bond acceptors (Lipinski definition) is 4. The molecule has 1 aromatic heterocycles. The molecule has 158 valence electrons. The highest BCUT2D eigenvalue weighted by Crippen LogP contribution is 2.30. The Bertz CT molecular complexity index is 828. The minimum absolute atomic E-state index is 0.315. The summed E-state index contributed by atoms with van der Waals surface area (Å²) in [5.74, 6) is 0.546. The van der Waals surface area contributed by atoms with Gasteiger partial charge in [-0.15, -0.1) is 11.3 Å². The van der Waals surface area contributed by atoms with E-state index in [1.807, 2.05) is 6.92 Å². The van der Waals surface area contributed by atoms with E-state index in [9.17, 15) is 13.2 Å². The first-order chi connectivity index (χ1) is 13.9. The van der Waals surface area contributed by atoms with Gasteiger partial charge in [0, 0.05) is 38.5 Å². The molecule has 2 aromatic rings. The van der Waals surface area contributed by atoms with Crippen LogP contribution in [0.5, 0.6) is 0 Å². The second kappa shape index (κ2) is 9.47. The SMILES string of the molecule is CN=C(NCCc1csc(N2CCCC2)n1)NC(C)c1cccc(C(F)(F)F)c1. The Labute approximate surface area is 173 Å². The first-order valence-corrected chi connectivity index (χ1v) is 10.6. The molecular weight excluding hydrogens is 399 g/mol. The van der Waals surface area contributed by atoms with Crippen molar-refractivity contribution in [1.82, 2.24) is 15.6 Å². The summed E-state index contributed by atoms with van der Waals surface area (Å²) in [4.78, 5) is 11.2. The van der Waals surface area contributed by atoms with Gasteiger partial charge in [-0.1, -0.05) is 12.1 Å². The predicted octanol–water partition coefficient (Wildman–Crippen LogP) is 4.23. The number of nitrogens with one attached hydrogen (secondary N) is 2. The zero-order valence-corrected chi connectivity index (χ0v) is 17.4. The normalized spacial score (nSPS) is 16.2. The van der Waals surface area contributed by atoms with Gasteiger partial charge < -0.3 is 15.5 Å². The Balaban J connectivity index is 1.50. The van der Waals surface area contributed by atoms with Gasteiger partial charge in [0.15, 0.2) is 11.1 Å². The van der Waals surface area contributed by atoms with Crippen LogP contribution in [0, 0.1) is 0 Å². The van der Waals surface area contributed by atoms with Crippen molar-refractivity contribution < 1.29 is 13.2 Å². The third-order valence-electron chi connectivity index (χ3n) is 4.88. The molecule has 0 spiro atoms. The fourth-order valence-electron chi connectivity index (χ4n) is 3.24. The van der Waals surface area contributed by atoms with Crippen LogP contribution in [-0.2, 0) is 12.6 Å². The zero-order valence-electron chi connectivity index (χ0n) is 16.6. The molecule has 1 aliphatic rings. The van der Waals surface area contributed by atoms with E-state index in [0.717, 1.165) is 36.4 Å². The fraction of sp³-hybridized carbons (Fsp3) is 0.500. The number of aliphatic imine (C=N–C) groups is 1. The second-order valence-corrected chi connectivity index (χ2v) is 7.89. The number of anilines is 1. The number of benzene rings is 1. The van der Waals surface area contributed by atoms with E-state index in [2.05, 4.69) is 25.9 Å². The van der Waals surface area contributed by atoms with Crippen molar-refractivity contribution in [1.29, 1.82) is 0 Å². The van der Waals surface area contributed by atoms with E-state index < -0.39 is 11.7 Å². The summed E-state index contributed by atoms with van der Waals surface area (Å²) in [5, 5.41) is 9.52. The van der Waals surface area contributed by atoms with Gasteiger partial charge in [-0.05, 0) is 37.5 Å². The molecule has 0 bridgehead atoms. The van der Waals surface area contributed by atoms with Gasteiger partial charge in [0.05, 0.1) is 17.3 Å². The maximum absolute atomic E-state index is 12.9. The number of alkyl halides is 3. The van der Waals surface area contributed by atoms with Crippen molar-refractivity contribution in [3.8, 4) is 0 Å². The summed E-state index contributed by atoms with van der Waals surface area (Å²) in [6, 6.07) is 5.03. The summed E-state index contributed by atoms with van der Waals surface area (Å²) in [6.07, 6.45) is -1.15. The van der Waals surface area contributed by atoms with Crippen molar-refractivity contribution >= 4 is 22.4 Å². The Morgan fingerprint density at radius 2 is 2.07 bits per heavy atom. The lowest BCUT2D eigenvalue weighted by Crippen LogP contribution is -2.39. The Morgan fingerprint density at radius 3 is 2.76 bits per heavy atom. The van der Waals surface area contributed by atoms with Crippen molar-refractivity contribution in [2.24, 2.45) is 4.99 Å². The highest BCUT2D eigenvalue weighted by molar-refractivity contribution is 7.13. The molecule has 0 saturated carbocycles. The van der Waals surface area contributed by atoms with Crippen LogP contribution in [0.3, 0.4) is 0 Å². The van der Waals surface area contributed by atoms with Gasteiger partial charge in [-0.25, -0.2) is 4.98 Å². The number of hydrogen-bond donors (Lipinski definition) is 2. The molecule has 9 heteroatoms. The van der Waals surface area contributed by atoms with E-state index >= 15 is 0 Å². The van der Waals surface area contributed by atoms with Gasteiger partial charge in [0.25, 0.3) is 0 Å². The molecule has 0 radical (unpaired) electrons. The lowest BCUT2D eigenvalue weighted by Gasteiger charge is -2.19. The van der Waals surface area contributed by atoms with Crippen LogP contribution in [-0.4, -0.2) is 37.6 Å². The molecule has 29 heavy (non-hydrogen) atoms. The predicted molar refractivity (Wildman–Crippen MR) is 112 cm³/mol. The minimum atomic E-state index is -4.35. The molecule has 1 saturated heterocycles. The molecule has 2 heterocycles. The smallest absolute Gasteiger partial charge is 0.356 e. The first kappa shape index (κ1) is 21.4. The van der Waals surface area contributed by atoms with Gasteiger partial charge in [0.1, 0.15) is 0 Å². The fourth-order valence-corrected chi connectivity index (χ4v) is 4.15. The average Bonchev–Trinajstić information content (AvgIpc) is 3.38. The minimum Gasteiger partial charge on any atom is -0.356 e. The summed E-state index contributed by atoms with van der Waals surface area (Å²) in [5.41, 5.74) is 0.937. The summed E-state index contributed by atoms with van der Waals surface area (Å²) in [7, 11) is 1.64. The van der Waals surface area contributed by atoms with E-state index in [1.165, 1.54) is 25.0 Å². The maximum Gasteiger partial charge on any atom is 0.416 e. The Hall–Kier alpha value is -2.29. The molecular formula is C20H26F3N5S. The van der Waals surface area contributed by atoms with E-state index in [1.54, 1.807) is 24.5 Å². The molecule has 1 aromatic carbocycles. The van der Waals surface area contributed by atoms with Crippen LogP contribution >= 0.6 is 11.3 Å². The topological polar surface area (TPSA) is 52.6 Å². The molecule has 1 aliphatic heterocycles. The second-order valence-electron chi connectivity index (χ2n) is 7.05. The molecule has 0 amide bonds. The van der Waals surface area contributed by atoms with Crippen molar-refractivity contribution in [2.75, 3.05) is 31.6 Å². The number of nitrogens with zero attached hydrogens (tertiary/aromatic N) is 3. The third kappa shape index (κ3) is 5.85. The first-order valence-electron chi connectivity index (χ1n) is 9.70. The largest absolute Gasteiger partial charge is 0.416 e. The molecule has 5 nitrogen and oxygen atoms in total. The lowest BCUT2D eigenvalue weighted by atomic mass is 10.1. The number of thiazole rings is 1. The Morgan fingerprint density at radius 1 is 1.31 bits per heavy atom. The summed E-state index contributed by atoms with van der Waals surface area (Å²) < 4.78 is 38.8. The van der Waals surface area contributed by atoms with E-state index in [-0.39, 0.29) is 6.04 Å². The van der Waals surface area contributed by atoms with Crippen LogP contribution in [0.2, 0.25) is 0 Å². The van der Waals surface area contributed by atoms with Crippen LogP contribution in [0.25, 0.3) is 0 Å². The Kier molecular flexibility index (Phi) is 7.00. The molecule has 2 N–H and O–H groups in total. The highest BCUT2D eigenvalue weighted by atomic mass is 32.1. The van der Waals surface area contributed by atoms with E-state index in [4.69, 9.17) is 4.98 Å². The highest BCUT2D eigenvalue weighted by Gasteiger charge is 2.30. The monoisotopic (exact) mass is 425 g/mol. The lowest BCUT2D eigenvalue weighted by molar-refractivity contribution is -0.137. The average molecular weight is 426 g/mol. The zero-order chi connectivity index (χ0) is 20.9. The third-order valence-corrected chi connectivity index (χ3v) is 5.83. The van der Waals surface area contributed by atoms with Crippen LogP contribution < -0.4 is 15.5 Å². The van der Waals surface area contributed by atoms with E-state index in [0.29, 0.717) is 18.1 Å². The van der Waals surface area contributed by atoms with Crippen molar-refractivity contribution in [2.45, 2.75) is 38.4 Å². The maximum atomic E-state index is 12.9. The standard InChI is InChI=1S/C20H26F3N5S/c1-14(15-6-5-7-16(12-15)20(21,22)23)26-18(24-2)25-9-8-17-13-29-19(27-17)28-10-3-4-11-28/h5-7,12-14H,3-4,8-11H2,1-2H3,(H2,24,25,26). The number of guanidine groups is 1. The number of halogens is 3. The van der Waals surface area contributed by atoms with Gasteiger partial charge in [-0.2, -0.15) is 13.2 Å². The summed E-state index contributed by atoms with van der Waals surface area (Å²) in [6.45, 7) is 4.60. The van der Waals surface area contributed by atoms with Crippen LogP contribution in [0.4, 0.5) is 18.3 Å². The van der Waals surface area contributed by atoms with Gasteiger partial charge >= 0.3 is 6.18 Å². The van der Waals surface area contributed by atoms with Gasteiger partial charge in [-0.3, -0.25) is 4.99 Å². The number of rotatable bonds is 6. The quantitative estimate of drug-likeness (QED) is 0.537. The van der Waals surface area contributed by atoms with Crippen LogP contribution in [0.1, 0.15) is 42.6 Å². The molecule has 3 rings (SSSR count). The molecule has 1 atom stereocenters. The van der Waals surface area contributed by atoms with Gasteiger partial charge in [0.2, 0.25) is 0 Å². The van der Waals surface area contributed by atoms with Crippen molar-refractivity contribution in [3.63, 3.8) is 0 Å².